The van der Waals surface area contributed by atoms with Crippen molar-refractivity contribution in [2.45, 2.75) is 73.3 Å². The van der Waals surface area contributed by atoms with Crippen LogP contribution in [0.1, 0.15) is 44.9 Å². The van der Waals surface area contributed by atoms with E-state index in [1.54, 1.807) is 12.1 Å². The number of nitrogens with one attached hydrogen (secondary N) is 1. The molecule has 0 saturated carbocycles. The molecule has 46 heavy (non-hydrogen) atoms. The molecule has 3 fully saturated rings. The van der Waals surface area contributed by atoms with E-state index in [0.717, 1.165) is 18.0 Å². The zero-order valence-electron chi connectivity index (χ0n) is 24.8. The SMILES string of the molecule is O=C(NOC1CCCCO1)C1(S(=O)(=O)c2ccc3nc(N4CCC(Oc5ccc(OC(F)(F)F)cc5)CC4)sc3c2)CCOCC1. The first-order chi connectivity index (χ1) is 22.0. The Balaban J connectivity index is 1.11. The van der Waals surface area contributed by atoms with Crippen LogP contribution in [0, 0.1) is 0 Å². The quantitative estimate of drug-likeness (QED) is 0.303. The number of hydrogen-bond donors (Lipinski definition) is 1. The number of ether oxygens (including phenoxy) is 4. The fourth-order valence-electron chi connectivity index (χ4n) is 5.83. The van der Waals surface area contributed by atoms with Crippen LogP contribution < -0.4 is 19.9 Å². The first kappa shape index (κ1) is 32.7. The number of hydrogen-bond acceptors (Lipinski definition) is 11. The number of halogens is 3. The molecule has 1 amide bonds. The number of fused-ring (bicyclic) bond motifs is 1. The molecule has 1 N–H and O–H groups in total. The normalized spacial score (nSPS) is 21.2. The second kappa shape index (κ2) is 13.5. The molecule has 11 nitrogen and oxygen atoms in total. The molecule has 250 valence electrons. The summed E-state index contributed by atoms with van der Waals surface area (Å²) in [5.74, 6) is -0.594. The van der Waals surface area contributed by atoms with Crippen LogP contribution in [0.5, 0.6) is 11.5 Å². The number of thiazole rings is 1. The molecule has 0 spiro atoms. The van der Waals surface area contributed by atoms with E-state index in [4.69, 9.17) is 24.0 Å². The third kappa shape index (κ3) is 7.20. The van der Waals surface area contributed by atoms with Crippen LogP contribution in [0.4, 0.5) is 18.3 Å². The Labute approximate surface area is 267 Å². The Morgan fingerprint density at radius 1 is 1.00 bits per heavy atom. The zero-order valence-corrected chi connectivity index (χ0v) is 26.4. The van der Waals surface area contributed by atoms with Gasteiger partial charge in [0.25, 0.3) is 5.91 Å². The number of rotatable bonds is 9. The number of hydroxylamine groups is 1. The van der Waals surface area contributed by atoms with Gasteiger partial charge in [-0.3, -0.25) is 4.79 Å². The summed E-state index contributed by atoms with van der Waals surface area (Å²) in [6, 6.07) is 10.0. The first-order valence-corrected chi connectivity index (χ1v) is 17.4. The summed E-state index contributed by atoms with van der Waals surface area (Å²) in [5.41, 5.74) is 3.02. The Morgan fingerprint density at radius 3 is 2.39 bits per heavy atom. The van der Waals surface area contributed by atoms with Gasteiger partial charge in [0.1, 0.15) is 17.6 Å². The molecule has 16 heteroatoms. The van der Waals surface area contributed by atoms with Crippen LogP contribution in [0.15, 0.2) is 47.4 Å². The molecule has 0 aliphatic carbocycles. The monoisotopic (exact) mass is 685 g/mol. The molecular formula is C30H34F3N3O8S2. The lowest BCUT2D eigenvalue weighted by molar-refractivity contribution is -0.274. The molecule has 0 bridgehead atoms. The van der Waals surface area contributed by atoms with Crippen molar-refractivity contribution in [2.24, 2.45) is 0 Å². The fraction of sp³-hybridized carbons (Fsp3) is 0.533. The van der Waals surface area contributed by atoms with E-state index in [0.29, 0.717) is 54.9 Å². The van der Waals surface area contributed by atoms with E-state index >= 15 is 0 Å². The van der Waals surface area contributed by atoms with E-state index in [1.165, 1.54) is 41.7 Å². The molecule has 3 saturated heterocycles. The minimum Gasteiger partial charge on any atom is -0.490 e. The largest absolute Gasteiger partial charge is 0.573 e. The number of alkyl halides is 3. The van der Waals surface area contributed by atoms with Gasteiger partial charge in [-0.15, -0.1) is 13.2 Å². The summed E-state index contributed by atoms with van der Waals surface area (Å²) in [5, 5.41) is 0.732. The van der Waals surface area contributed by atoms with E-state index < -0.39 is 33.1 Å². The highest BCUT2D eigenvalue weighted by molar-refractivity contribution is 7.93. The second-order valence-electron chi connectivity index (χ2n) is 11.4. The molecule has 3 aliphatic heterocycles. The standard InChI is InChI=1S/C30H34F3N3O8S2/c31-30(32,33)43-22-6-4-20(5-7-22)42-21-10-14-36(15-11-21)28-34-24-9-8-23(19-25(24)45-28)46(38,39)29(12-17-40-18-13-29)27(37)35-44-26-3-1-2-16-41-26/h4-9,19,21,26H,1-3,10-18H2,(H,35,37). The Morgan fingerprint density at radius 2 is 1.72 bits per heavy atom. The number of benzene rings is 2. The first-order valence-electron chi connectivity index (χ1n) is 15.1. The third-order valence-corrected chi connectivity index (χ3v) is 12.0. The van der Waals surface area contributed by atoms with Crippen LogP contribution in [0.25, 0.3) is 10.2 Å². The molecule has 3 aliphatic rings. The molecule has 4 heterocycles. The van der Waals surface area contributed by atoms with Crippen molar-refractivity contribution in [3.05, 3.63) is 42.5 Å². The second-order valence-corrected chi connectivity index (χ2v) is 14.7. The fourth-order valence-corrected chi connectivity index (χ4v) is 8.93. The molecule has 6 rings (SSSR count). The lowest BCUT2D eigenvalue weighted by atomic mass is 9.98. The van der Waals surface area contributed by atoms with Crippen LogP contribution in [0.3, 0.4) is 0 Å². The van der Waals surface area contributed by atoms with Gasteiger partial charge in [0, 0.05) is 52.2 Å². The van der Waals surface area contributed by atoms with Gasteiger partial charge < -0.3 is 23.8 Å². The number of sulfone groups is 1. The zero-order chi connectivity index (χ0) is 32.4. The highest BCUT2D eigenvalue weighted by Gasteiger charge is 2.52. The molecular weight excluding hydrogens is 651 g/mol. The van der Waals surface area contributed by atoms with Crippen LogP contribution in [-0.2, 0) is 28.9 Å². The molecule has 1 aromatic heterocycles. The topological polar surface area (TPSA) is 126 Å². The molecule has 1 unspecified atom stereocenters. The number of amides is 1. The van der Waals surface area contributed by atoms with Crippen molar-refractivity contribution in [1.82, 2.24) is 10.5 Å². The molecule has 2 aromatic carbocycles. The maximum Gasteiger partial charge on any atom is 0.573 e. The van der Waals surface area contributed by atoms with E-state index in [2.05, 4.69) is 15.1 Å². The van der Waals surface area contributed by atoms with E-state index in [1.807, 2.05) is 0 Å². The van der Waals surface area contributed by atoms with Crippen molar-refractivity contribution < 1.29 is 50.2 Å². The number of piperidine rings is 1. The summed E-state index contributed by atoms with van der Waals surface area (Å²) < 4.78 is 85.2. The highest BCUT2D eigenvalue weighted by atomic mass is 32.2. The van der Waals surface area contributed by atoms with Crippen molar-refractivity contribution in [3.63, 3.8) is 0 Å². The van der Waals surface area contributed by atoms with Gasteiger partial charge in [0.05, 0.1) is 15.1 Å². The average Bonchev–Trinajstić information content (AvgIpc) is 3.49. The third-order valence-electron chi connectivity index (χ3n) is 8.38. The van der Waals surface area contributed by atoms with Gasteiger partial charge in [-0.05, 0) is 68.1 Å². The van der Waals surface area contributed by atoms with Crippen molar-refractivity contribution in [2.75, 3.05) is 37.8 Å². The molecule has 0 radical (unpaired) electrons. The molecule has 1 atom stereocenters. The van der Waals surface area contributed by atoms with Gasteiger partial charge in [-0.2, -0.15) is 0 Å². The minimum atomic E-state index is -4.76. The van der Waals surface area contributed by atoms with Gasteiger partial charge >= 0.3 is 6.36 Å². The van der Waals surface area contributed by atoms with Gasteiger partial charge in [-0.25, -0.2) is 23.7 Å². The summed E-state index contributed by atoms with van der Waals surface area (Å²) >= 11 is 1.37. The van der Waals surface area contributed by atoms with E-state index in [9.17, 15) is 26.4 Å². The number of carbonyl (C=O) groups excluding carboxylic acids is 1. The van der Waals surface area contributed by atoms with E-state index in [-0.39, 0.29) is 42.8 Å². The van der Waals surface area contributed by atoms with Crippen molar-refractivity contribution >= 4 is 42.4 Å². The summed E-state index contributed by atoms with van der Waals surface area (Å²) in [7, 11) is -4.16. The van der Waals surface area contributed by atoms with Crippen LogP contribution in [-0.4, -0.2) is 75.7 Å². The number of nitrogens with zero attached hydrogens (tertiary/aromatic N) is 2. The maximum absolute atomic E-state index is 14.1. The highest BCUT2D eigenvalue weighted by Crippen LogP contribution is 2.39. The number of anilines is 1. The number of aromatic nitrogens is 1. The minimum absolute atomic E-state index is 0.00940. The Kier molecular flexibility index (Phi) is 9.62. The van der Waals surface area contributed by atoms with Crippen molar-refractivity contribution in [3.8, 4) is 11.5 Å². The van der Waals surface area contributed by atoms with Crippen LogP contribution in [0.2, 0.25) is 0 Å². The van der Waals surface area contributed by atoms with Crippen molar-refractivity contribution in [1.29, 1.82) is 0 Å². The van der Waals surface area contributed by atoms with Gasteiger partial charge in [0.2, 0.25) is 0 Å². The summed E-state index contributed by atoms with van der Waals surface area (Å²) in [4.78, 5) is 25.8. The van der Waals surface area contributed by atoms with Gasteiger partial charge in [-0.1, -0.05) is 11.3 Å². The number of carbonyl (C=O) groups is 1. The maximum atomic E-state index is 14.1. The smallest absolute Gasteiger partial charge is 0.490 e. The lowest BCUT2D eigenvalue weighted by Gasteiger charge is -2.35. The average molecular weight is 686 g/mol. The predicted octanol–water partition coefficient (Wildman–Crippen LogP) is 5.14. The van der Waals surface area contributed by atoms with Crippen LogP contribution >= 0.6 is 11.3 Å². The predicted molar refractivity (Wildman–Crippen MR) is 161 cm³/mol. The molecule has 3 aromatic rings. The lowest BCUT2D eigenvalue weighted by Crippen LogP contribution is -2.56. The summed E-state index contributed by atoms with van der Waals surface area (Å²) in [6.07, 6.45) is -1.81. The summed E-state index contributed by atoms with van der Waals surface area (Å²) in [6.45, 7) is 2.01. The van der Waals surface area contributed by atoms with Gasteiger partial charge in [0.15, 0.2) is 26.0 Å². The Hall–Kier alpha value is -3.18. The Bertz CT molecular complexity index is 1610.